The lowest BCUT2D eigenvalue weighted by Crippen LogP contribution is -2.30. The molecule has 11 heteroatoms. The largest absolute Gasteiger partial charge is 0.454 e. The molecule has 0 spiro atoms. The second-order valence-electron chi connectivity index (χ2n) is 5.63. The van der Waals surface area contributed by atoms with Gasteiger partial charge in [0.15, 0.2) is 12.4 Å². The Morgan fingerprint density at radius 1 is 1.26 bits per heavy atom. The van der Waals surface area contributed by atoms with E-state index in [0.29, 0.717) is 25.5 Å². The van der Waals surface area contributed by atoms with E-state index in [1.807, 2.05) is 6.92 Å². The minimum Gasteiger partial charge on any atom is -0.454 e. The number of esters is 1. The molecule has 0 amide bonds. The predicted octanol–water partition coefficient (Wildman–Crippen LogP) is 2.12. The average molecular weight is 416 g/mol. The molecule has 0 saturated carbocycles. The van der Waals surface area contributed by atoms with Gasteiger partial charge in [0.1, 0.15) is 0 Å². The van der Waals surface area contributed by atoms with Crippen molar-refractivity contribution >= 4 is 27.6 Å². The highest BCUT2D eigenvalue weighted by atomic mass is 35.5. The lowest BCUT2D eigenvalue weighted by molar-refractivity contribution is 0.0456. The van der Waals surface area contributed by atoms with E-state index in [9.17, 15) is 13.2 Å². The fourth-order valence-electron chi connectivity index (χ4n) is 2.45. The standard InChI is InChI=1S/C16H22ClN5O4S/c1-4-9-22-15(18-19-20-22)11-26-16(23)13-10-12(7-8-14(13)17)27(24,25)21(5-2)6-3/h7-8,10H,4-6,9,11H2,1-3H3. The summed E-state index contributed by atoms with van der Waals surface area (Å²) in [6.45, 7) is 6.55. The fraction of sp³-hybridized carbons (Fsp3) is 0.500. The molecular weight excluding hydrogens is 394 g/mol. The molecule has 148 valence electrons. The first-order chi connectivity index (χ1) is 12.8. The molecule has 0 N–H and O–H groups in total. The summed E-state index contributed by atoms with van der Waals surface area (Å²) >= 11 is 6.08. The monoisotopic (exact) mass is 415 g/mol. The number of benzene rings is 1. The molecule has 2 rings (SSSR count). The molecule has 0 aliphatic rings. The van der Waals surface area contributed by atoms with Crippen molar-refractivity contribution in [2.45, 2.75) is 45.2 Å². The first kappa shape index (κ1) is 21.3. The third-order valence-electron chi connectivity index (χ3n) is 3.87. The van der Waals surface area contributed by atoms with E-state index in [1.165, 1.54) is 27.2 Å². The van der Waals surface area contributed by atoms with Crippen molar-refractivity contribution in [2.75, 3.05) is 13.1 Å². The van der Waals surface area contributed by atoms with Gasteiger partial charge >= 0.3 is 5.97 Å². The van der Waals surface area contributed by atoms with E-state index in [-0.39, 0.29) is 22.1 Å². The van der Waals surface area contributed by atoms with Gasteiger partial charge in [-0.2, -0.15) is 4.31 Å². The number of sulfonamides is 1. The first-order valence-electron chi connectivity index (χ1n) is 8.56. The van der Waals surface area contributed by atoms with Crippen molar-refractivity contribution < 1.29 is 17.9 Å². The molecule has 1 aromatic heterocycles. The molecule has 2 aromatic rings. The van der Waals surface area contributed by atoms with E-state index >= 15 is 0 Å². The Balaban J connectivity index is 2.22. The summed E-state index contributed by atoms with van der Waals surface area (Å²) < 4.78 is 33.3. The predicted molar refractivity (Wildman–Crippen MR) is 98.8 cm³/mol. The third kappa shape index (κ3) is 4.82. The number of tetrazole rings is 1. The summed E-state index contributed by atoms with van der Waals surface area (Å²) in [6.07, 6.45) is 0.822. The Morgan fingerprint density at radius 3 is 2.59 bits per heavy atom. The van der Waals surface area contributed by atoms with Crippen molar-refractivity contribution in [1.82, 2.24) is 24.5 Å². The summed E-state index contributed by atoms with van der Waals surface area (Å²) in [7, 11) is -3.72. The van der Waals surface area contributed by atoms with Crippen molar-refractivity contribution in [1.29, 1.82) is 0 Å². The van der Waals surface area contributed by atoms with Crippen LogP contribution < -0.4 is 0 Å². The fourth-order valence-corrected chi connectivity index (χ4v) is 4.13. The number of rotatable bonds is 9. The molecule has 0 aliphatic carbocycles. The van der Waals surface area contributed by atoms with Gasteiger partial charge in [0.05, 0.1) is 15.5 Å². The second-order valence-corrected chi connectivity index (χ2v) is 7.97. The Labute approximate surface area is 163 Å². The van der Waals surface area contributed by atoms with Crippen molar-refractivity contribution in [3.63, 3.8) is 0 Å². The zero-order valence-electron chi connectivity index (χ0n) is 15.4. The van der Waals surface area contributed by atoms with Gasteiger partial charge < -0.3 is 4.74 Å². The Morgan fingerprint density at radius 2 is 1.96 bits per heavy atom. The number of aromatic nitrogens is 4. The van der Waals surface area contributed by atoms with Gasteiger partial charge in [-0.1, -0.05) is 32.4 Å². The van der Waals surface area contributed by atoms with Crippen LogP contribution in [0.4, 0.5) is 0 Å². The smallest absolute Gasteiger partial charge is 0.340 e. The SMILES string of the molecule is CCCn1nnnc1COC(=O)c1cc(S(=O)(=O)N(CC)CC)ccc1Cl. The highest BCUT2D eigenvalue weighted by Crippen LogP contribution is 2.24. The molecule has 0 bridgehead atoms. The highest BCUT2D eigenvalue weighted by Gasteiger charge is 2.24. The van der Waals surface area contributed by atoms with Crippen molar-refractivity contribution in [2.24, 2.45) is 0 Å². The number of carbonyl (C=O) groups is 1. The maximum atomic E-state index is 12.6. The molecule has 1 heterocycles. The number of hydrogen-bond donors (Lipinski definition) is 0. The maximum Gasteiger partial charge on any atom is 0.340 e. The van der Waals surface area contributed by atoms with E-state index < -0.39 is 16.0 Å². The lowest BCUT2D eigenvalue weighted by atomic mass is 10.2. The topological polar surface area (TPSA) is 107 Å². The second kappa shape index (κ2) is 9.25. The van der Waals surface area contributed by atoms with E-state index in [2.05, 4.69) is 15.5 Å². The van der Waals surface area contributed by atoms with Crippen LogP contribution in [0, 0.1) is 0 Å². The normalized spacial score (nSPS) is 11.7. The van der Waals surface area contributed by atoms with Gasteiger partial charge in [-0.05, 0) is 35.0 Å². The van der Waals surface area contributed by atoms with Crippen LogP contribution in [0.1, 0.15) is 43.4 Å². The van der Waals surface area contributed by atoms with E-state index in [4.69, 9.17) is 16.3 Å². The van der Waals surface area contributed by atoms with Crippen LogP contribution in [0.15, 0.2) is 23.1 Å². The zero-order valence-corrected chi connectivity index (χ0v) is 17.0. The van der Waals surface area contributed by atoms with Crippen LogP contribution >= 0.6 is 11.6 Å². The molecule has 27 heavy (non-hydrogen) atoms. The van der Waals surface area contributed by atoms with Gasteiger partial charge in [-0.15, -0.1) is 5.10 Å². The summed E-state index contributed by atoms with van der Waals surface area (Å²) in [6, 6.07) is 3.97. The Kier molecular flexibility index (Phi) is 7.28. The highest BCUT2D eigenvalue weighted by molar-refractivity contribution is 7.89. The third-order valence-corrected chi connectivity index (χ3v) is 6.25. The number of nitrogens with zero attached hydrogens (tertiary/aromatic N) is 5. The van der Waals surface area contributed by atoms with E-state index in [0.717, 1.165) is 6.42 Å². The van der Waals surface area contributed by atoms with E-state index in [1.54, 1.807) is 13.8 Å². The molecule has 1 aromatic carbocycles. The van der Waals surface area contributed by atoms with Crippen LogP contribution in [-0.2, 0) is 27.9 Å². The summed E-state index contributed by atoms with van der Waals surface area (Å²) in [5.74, 6) is -0.351. The van der Waals surface area contributed by atoms with Crippen LogP contribution in [0.5, 0.6) is 0 Å². The number of halogens is 1. The summed E-state index contributed by atoms with van der Waals surface area (Å²) in [4.78, 5) is 12.4. The van der Waals surface area contributed by atoms with Crippen molar-refractivity contribution in [3.05, 3.63) is 34.6 Å². The van der Waals surface area contributed by atoms with Gasteiger partial charge in [0, 0.05) is 19.6 Å². The van der Waals surface area contributed by atoms with Crippen molar-refractivity contribution in [3.8, 4) is 0 Å². The summed E-state index contributed by atoms with van der Waals surface area (Å²) in [5.41, 5.74) is -0.0283. The molecule has 0 radical (unpaired) electrons. The molecule has 0 unspecified atom stereocenters. The molecule has 0 fully saturated rings. The number of hydrogen-bond acceptors (Lipinski definition) is 7. The van der Waals surface area contributed by atoms with Crippen LogP contribution in [0.3, 0.4) is 0 Å². The Bertz CT molecular complexity index is 896. The van der Waals surface area contributed by atoms with Gasteiger partial charge in [-0.25, -0.2) is 17.9 Å². The summed E-state index contributed by atoms with van der Waals surface area (Å²) in [5, 5.41) is 11.3. The van der Waals surface area contributed by atoms with Gasteiger partial charge in [0.25, 0.3) is 0 Å². The molecule has 0 aliphatic heterocycles. The quantitative estimate of drug-likeness (QED) is 0.577. The molecule has 0 saturated heterocycles. The minimum absolute atomic E-state index is 0.0154. The number of carbonyl (C=O) groups excluding carboxylic acids is 1. The first-order valence-corrected chi connectivity index (χ1v) is 10.4. The minimum atomic E-state index is -3.72. The van der Waals surface area contributed by atoms with Gasteiger partial charge in [0.2, 0.25) is 10.0 Å². The molecule has 0 atom stereocenters. The Hall–Kier alpha value is -2.04. The maximum absolute atomic E-state index is 12.6. The van der Waals surface area contributed by atoms with Crippen LogP contribution in [-0.4, -0.2) is 52.0 Å². The number of aryl methyl sites for hydroxylation is 1. The van der Waals surface area contributed by atoms with Gasteiger partial charge in [-0.3, -0.25) is 0 Å². The van der Waals surface area contributed by atoms with Crippen LogP contribution in [0.2, 0.25) is 5.02 Å². The lowest BCUT2D eigenvalue weighted by Gasteiger charge is -2.19. The average Bonchev–Trinajstić information content (AvgIpc) is 3.08. The number of ether oxygens (including phenoxy) is 1. The zero-order chi connectivity index (χ0) is 20.0. The molecular formula is C16H22ClN5O4S. The molecule has 9 nitrogen and oxygen atoms in total. The van der Waals surface area contributed by atoms with Crippen LogP contribution in [0.25, 0.3) is 0 Å².